The molecule has 8 nitrogen and oxygen atoms in total. The van der Waals surface area contributed by atoms with Crippen molar-refractivity contribution in [2.75, 3.05) is 7.11 Å². The minimum absolute atomic E-state index is 0.0234. The van der Waals surface area contributed by atoms with Gasteiger partial charge < -0.3 is 15.0 Å². The van der Waals surface area contributed by atoms with Crippen LogP contribution >= 0.6 is 0 Å². The van der Waals surface area contributed by atoms with Crippen LogP contribution in [-0.4, -0.2) is 40.8 Å². The highest BCUT2D eigenvalue weighted by molar-refractivity contribution is 5.89. The number of amides is 2. The minimum Gasteiger partial charge on any atom is -0.497 e. The maximum atomic E-state index is 13.4. The van der Waals surface area contributed by atoms with Gasteiger partial charge in [0, 0.05) is 24.2 Å². The summed E-state index contributed by atoms with van der Waals surface area (Å²) < 4.78 is 5.19. The van der Waals surface area contributed by atoms with E-state index in [1.54, 1.807) is 37.4 Å². The summed E-state index contributed by atoms with van der Waals surface area (Å²) in [5.41, 5.74) is 1.04. The summed E-state index contributed by atoms with van der Waals surface area (Å²) in [6, 6.07) is 12.7. The van der Waals surface area contributed by atoms with E-state index in [1.165, 1.54) is 11.0 Å². The van der Waals surface area contributed by atoms with E-state index in [4.69, 9.17) is 4.74 Å². The number of ether oxygens (including phenoxy) is 1. The zero-order valence-corrected chi connectivity index (χ0v) is 19.0. The lowest BCUT2D eigenvalue weighted by atomic mass is 10.0. The fraction of sp³-hybridized carbons (Fsp3) is 0.417. The van der Waals surface area contributed by atoms with E-state index in [9.17, 15) is 19.7 Å². The number of hydrogen-bond donors (Lipinski definition) is 1. The van der Waals surface area contributed by atoms with Gasteiger partial charge in [-0.2, -0.15) is 0 Å². The minimum atomic E-state index is -0.693. The summed E-state index contributed by atoms with van der Waals surface area (Å²) >= 11 is 0. The van der Waals surface area contributed by atoms with Crippen LogP contribution in [0.25, 0.3) is 0 Å². The Bertz CT molecular complexity index is 929. The fourth-order valence-corrected chi connectivity index (χ4v) is 3.39. The van der Waals surface area contributed by atoms with Crippen molar-refractivity contribution in [3.8, 4) is 5.75 Å². The van der Waals surface area contributed by atoms with E-state index in [0.717, 1.165) is 12.0 Å². The van der Waals surface area contributed by atoms with Gasteiger partial charge in [0.25, 0.3) is 5.69 Å². The van der Waals surface area contributed by atoms with Crippen molar-refractivity contribution in [1.82, 2.24) is 10.2 Å². The second-order valence-corrected chi connectivity index (χ2v) is 7.67. The summed E-state index contributed by atoms with van der Waals surface area (Å²) in [5, 5.41) is 14.3. The third-order valence-corrected chi connectivity index (χ3v) is 5.43. The molecule has 1 N–H and O–H groups in total. The molecule has 0 aromatic heterocycles. The second kappa shape index (κ2) is 11.8. The number of hydrogen-bond acceptors (Lipinski definition) is 5. The summed E-state index contributed by atoms with van der Waals surface area (Å²) in [4.78, 5) is 38.7. The zero-order valence-electron chi connectivity index (χ0n) is 19.0. The molecule has 2 atom stereocenters. The highest BCUT2D eigenvalue weighted by atomic mass is 16.6. The maximum absolute atomic E-state index is 13.4. The molecule has 0 fully saturated rings. The van der Waals surface area contributed by atoms with Gasteiger partial charge in [0.1, 0.15) is 11.8 Å². The highest BCUT2D eigenvalue weighted by Crippen LogP contribution is 2.22. The van der Waals surface area contributed by atoms with E-state index in [1.807, 2.05) is 32.9 Å². The highest BCUT2D eigenvalue weighted by Gasteiger charge is 2.30. The Morgan fingerprint density at radius 1 is 1.09 bits per heavy atom. The van der Waals surface area contributed by atoms with Crippen molar-refractivity contribution in [2.45, 2.75) is 58.7 Å². The van der Waals surface area contributed by atoms with E-state index in [-0.39, 0.29) is 36.5 Å². The van der Waals surface area contributed by atoms with Gasteiger partial charge in [0.15, 0.2) is 0 Å². The molecule has 2 aromatic rings. The molecule has 2 rings (SSSR count). The van der Waals surface area contributed by atoms with Gasteiger partial charge in [-0.3, -0.25) is 19.7 Å². The van der Waals surface area contributed by atoms with E-state index in [2.05, 4.69) is 5.32 Å². The van der Waals surface area contributed by atoms with Gasteiger partial charge >= 0.3 is 0 Å². The average Bonchev–Trinajstić information content (AvgIpc) is 2.79. The van der Waals surface area contributed by atoms with Crippen LogP contribution in [0.1, 0.15) is 44.7 Å². The number of methoxy groups -OCH3 is 1. The van der Waals surface area contributed by atoms with E-state index in [0.29, 0.717) is 17.7 Å². The lowest BCUT2D eigenvalue weighted by molar-refractivity contribution is -0.385. The lowest BCUT2D eigenvalue weighted by Gasteiger charge is -2.31. The summed E-state index contributed by atoms with van der Waals surface area (Å²) in [7, 11) is 1.57. The van der Waals surface area contributed by atoms with Gasteiger partial charge in [0.05, 0.1) is 18.5 Å². The smallest absolute Gasteiger partial charge is 0.273 e. The van der Waals surface area contributed by atoms with Gasteiger partial charge in [-0.05, 0) is 37.5 Å². The molecule has 2 amide bonds. The standard InChI is InChI=1S/C24H31N3O5/c1-5-17(3)25-24(29)21(6-2)26(16-18-11-13-20(32-4)14-12-18)23(28)15-19-9-7-8-10-22(19)27(30)31/h7-14,17,21H,5-6,15-16H2,1-4H3,(H,25,29). The van der Waals surface area contributed by atoms with E-state index >= 15 is 0 Å². The predicted molar refractivity (Wildman–Crippen MR) is 122 cm³/mol. The Morgan fingerprint density at radius 3 is 2.31 bits per heavy atom. The van der Waals surface area contributed by atoms with Crippen LogP contribution in [0.5, 0.6) is 5.75 Å². The van der Waals surface area contributed by atoms with Gasteiger partial charge in [-0.15, -0.1) is 0 Å². The molecule has 2 unspecified atom stereocenters. The number of carbonyl (C=O) groups is 2. The van der Waals surface area contributed by atoms with Crippen LogP contribution < -0.4 is 10.1 Å². The molecule has 32 heavy (non-hydrogen) atoms. The molecular weight excluding hydrogens is 410 g/mol. The van der Waals surface area contributed by atoms with E-state index < -0.39 is 11.0 Å². The number of benzene rings is 2. The normalized spacial score (nSPS) is 12.5. The molecule has 0 aliphatic rings. The Balaban J connectivity index is 2.36. The van der Waals surface area contributed by atoms with Crippen molar-refractivity contribution in [1.29, 1.82) is 0 Å². The number of nitro benzene ring substituents is 1. The topological polar surface area (TPSA) is 102 Å². The third kappa shape index (κ3) is 6.54. The molecule has 0 bridgehead atoms. The molecular formula is C24H31N3O5. The fourth-order valence-electron chi connectivity index (χ4n) is 3.39. The maximum Gasteiger partial charge on any atom is 0.273 e. The van der Waals surface area contributed by atoms with Crippen molar-refractivity contribution in [3.05, 3.63) is 69.8 Å². The first-order valence-electron chi connectivity index (χ1n) is 10.8. The van der Waals surface area contributed by atoms with Gasteiger partial charge in [-0.1, -0.05) is 44.2 Å². The van der Waals surface area contributed by atoms with Crippen molar-refractivity contribution in [3.63, 3.8) is 0 Å². The molecule has 0 heterocycles. The number of nitro groups is 1. The molecule has 0 spiro atoms. The summed E-state index contributed by atoms with van der Waals surface area (Å²) in [6.45, 7) is 5.93. The van der Waals surface area contributed by atoms with Crippen molar-refractivity contribution >= 4 is 17.5 Å². The Morgan fingerprint density at radius 2 is 1.75 bits per heavy atom. The molecule has 0 radical (unpaired) electrons. The lowest BCUT2D eigenvalue weighted by Crippen LogP contribution is -2.51. The number of carbonyl (C=O) groups excluding carboxylic acids is 2. The van der Waals surface area contributed by atoms with Crippen LogP contribution in [0, 0.1) is 10.1 Å². The summed E-state index contributed by atoms with van der Waals surface area (Å²) in [6.07, 6.45) is 1.02. The van der Waals surface area contributed by atoms with Crippen molar-refractivity contribution in [2.24, 2.45) is 0 Å². The zero-order chi connectivity index (χ0) is 23.7. The summed E-state index contributed by atoms with van der Waals surface area (Å²) in [5.74, 6) is 0.112. The Hall–Kier alpha value is -3.42. The SMILES string of the molecule is CCC(C)NC(=O)C(CC)N(Cc1ccc(OC)cc1)C(=O)Cc1ccccc1[N+](=O)[O-]. The molecule has 0 aliphatic carbocycles. The Kier molecular flexibility index (Phi) is 9.19. The third-order valence-electron chi connectivity index (χ3n) is 5.43. The average molecular weight is 442 g/mol. The molecule has 8 heteroatoms. The second-order valence-electron chi connectivity index (χ2n) is 7.67. The van der Waals surface area contributed by atoms with Crippen LogP contribution in [-0.2, 0) is 22.6 Å². The predicted octanol–water partition coefficient (Wildman–Crippen LogP) is 3.87. The quantitative estimate of drug-likeness (QED) is 0.421. The van der Waals surface area contributed by atoms with Crippen molar-refractivity contribution < 1.29 is 19.2 Å². The molecule has 2 aromatic carbocycles. The first-order valence-corrected chi connectivity index (χ1v) is 10.8. The Labute approximate surface area is 188 Å². The molecule has 0 saturated heterocycles. The monoisotopic (exact) mass is 441 g/mol. The van der Waals surface area contributed by atoms with Gasteiger partial charge in [0.2, 0.25) is 11.8 Å². The molecule has 0 saturated carbocycles. The van der Waals surface area contributed by atoms with Gasteiger partial charge in [-0.25, -0.2) is 0 Å². The number of nitrogens with zero attached hydrogens (tertiary/aromatic N) is 2. The number of para-hydroxylation sites is 1. The van der Waals surface area contributed by atoms with Crippen LogP contribution in [0.2, 0.25) is 0 Å². The molecule has 0 aliphatic heterocycles. The van der Waals surface area contributed by atoms with Crippen LogP contribution in [0.4, 0.5) is 5.69 Å². The number of nitrogens with one attached hydrogen (secondary N) is 1. The molecule has 172 valence electrons. The number of rotatable bonds is 11. The van der Waals surface area contributed by atoms with Crippen LogP contribution in [0.3, 0.4) is 0 Å². The first-order chi connectivity index (χ1) is 15.3. The first kappa shape index (κ1) is 24.8. The largest absolute Gasteiger partial charge is 0.497 e. The van der Waals surface area contributed by atoms with Crippen LogP contribution in [0.15, 0.2) is 48.5 Å².